The monoisotopic (exact) mass is 376 g/mol. The number of carboxylic acid groups (broad SMARTS) is 1. The van der Waals surface area contributed by atoms with Crippen LogP contribution < -0.4 is 0 Å². The molecule has 0 saturated heterocycles. The highest BCUT2D eigenvalue weighted by Crippen LogP contribution is 2.31. The SMILES string of the molecule is O=C=C1C(OCc2ccccc2)=CC(OCc2ccccc2)=CC1CC(=O)O. The molecule has 1 N–H and O–H groups in total. The molecule has 0 radical (unpaired) electrons. The van der Waals surface area contributed by atoms with E-state index in [0.717, 1.165) is 11.1 Å². The molecule has 0 fully saturated rings. The molecule has 0 spiro atoms. The molecule has 142 valence electrons. The third-order valence-electron chi connectivity index (χ3n) is 4.27. The molecule has 0 amide bonds. The number of hydrogen-bond donors (Lipinski definition) is 1. The number of carbonyl (C=O) groups is 1. The molecule has 1 aliphatic carbocycles. The largest absolute Gasteiger partial charge is 0.489 e. The third-order valence-corrected chi connectivity index (χ3v) is 4.27. The Kier molecular flexibility index (Phi) is 6.45. The minimum absolute atomic E-state index is 0.186. The van der Waals surface area contributed by atoms with E-state index in [1.165, 1.54) is 0 Å². The van der Waals surface area contributed by atoms with Crippen LogP contribution in [-0.2, 0) is 32.3 Å². The molecule has 1 aliphatic rings. The maximum Gasteiger partial charge on any atom is 0.304 e. The summed E-state index contributed by atoms with van der Waals surface area (Å²) in [6, 6.07) is 19.1. The number of aliphatic carboxylic acids is 1. The average Bonchev–Trinajstić information content (AvgIpc) is 2.71. The Morgan fingerprint density at radius 1 is 0.929 bits per heavy atom. The number of benzene rings is 2. The summed E-state index contributed by atoms with van der Waals surface area (Å²) in [5.41, 5.74) is 2.10. The van der Waals surface area contributed by atoms with Gasteiger partial charge in [0.2, 0.25) is 0 Å². The molecular weight excluding hydrogens is 356 g/mol. The lowest BCUT2D eigenvalue weighted by Gasteiger charge is -2.22. The van der Waals surface area contributed by atoms with Crippen molar-refractivity contribution in [1.29, 1.82) is 0 Å². The van der Waals surface area contributed by atoms with Crippen molar-refractivity contribution in [3.05, 3.63) is 101 Å². The van der Waals surface area contributed by atoms with E-state index in [4.69, 9.17) is 9.47 Å². The topological polar surface area (TPSA) is 72.8 Å². The highest BCUT2D eigenvalue weighted by Gasteiger charge is 2.27. The molecule has 0 saturated carbocycles. The van der Waals surface area contributed by atoms with Gasteiger partial charge in [-0.05, 0) is 17.2 Å². The van der Waals surface area contributed by atoms with Crippen molar-refractivity contribution in [2.75, 3.05) is 0 Å². The number of rotatable bonds is 8. The van der Waals surface area contributed by atoms with Crippen molar-refractivity contribution in [2.45, 2.75) is 19.6 Å². The van der Waals surface area contributed by atoms with E-state index in [2.05, 4.69) is 0 Å². The maximum atomic E-state index is 11.5. The molecule has 5 nitrogen and oxygen atoms in total. The molecule has 2 aromatic rings. The van der Waals surface area contributed by atoms with Crippen LogP contribution in [0, 0.1) is 5.92 Å². The number of carboxylic acids is 1. The summed E-state index contributed by atoms with van der Waals surface area (Å²) in [5, 5.41) is 9.19. The summed E-state index contributed by atoms with van der Waals surface area (Å²) in [6.07, 6.45) is 3.01. The Labute approximate surface area is 163 Å². The lowest BCUT2D eigenvalue weighted by atomic mass is 9.90. The normalized spacial score (nSPS) is 15.9. The first kappa shape index (κ1) is 19.2. The molecule has 3 rings (SSSR count). The fraction of sp³-hybridized carbons (Fsp3) is 0.174. The summed E-state index contributed by atoms with van der Waals surface area (Å²) >= 11 is 0. The Balaban J connectivity index is 1.79. The standard InChI is InChI=1S/C23H20O5/c24-14-21-19(12-23(25)26)11-20(27-15-17-7-3-1-4-8-17)13-22(21)28-16-18-9-5-2-6-10-18/h1-11,13,19H,12,15-16H2,(H,25,26). The zero-order chi connectivity index (χ0) is 19.8. The molecule has 1 unspecified atom stereocenters. The molecule has 1 atom stereocenters. The van der Waals surface area contributed by atoms with E-state index in [9.17, 15) is 14.7 Å². The highest BCUT2D eigenvalue weighted by molar-refractivity contribution is 5.72. The molecule has 0 aliphatic heterocycles. The Hall–Kier alpha value is -3.56. The third kappa shape index (κ3) is 5.22. The fourth-order valence-corrected chi connectivity index (χ4v) is 2.88. The Morgan fingerprint density at radius 2 is 1.50 bits per heavy atom. The maximum absolute atomic E-state index is 11.5. The molecule has 5 heteroatoms. The number of ether oxygens (including phenoxy) is 2. The average molecular weight is 376 g/mol. The first-order chi connectivity index (χ1) is 13.7. The van der Waals surface area contributed by atoms with E-state index < -0.39 is 11.9 Å². The van der Waals surface area contributed by atoms with Gasteiger partial charge in [0.05, 0.1) is 12.0 Å². The molecule has 2 aromatic carbocycles. The van der Waals surface area contributed by atoms with Gasteiger partial charge < -0.3 is 14.6 Å². The molecule has 0 aromatic heterocycles. The van der Waals surface area contributed by atoms with Crippen LogP contribution in [-0.4, -0.2) is 17.0 Å². The van der Waals surface area contributed by atoms with Crippen molar-refractivity contribution >= 4 is 11.9 Å². The summed E-state index contributed by atoms with van der Waals surface area (Å²) < 4.78 is 11.6. The van der Waals surface area contributed by atoms with Crippen LogP contribution >= 0.6 is 0 Å². The first-order valence-electron chi connectivity index (χ1n) is 8.90. The van der Waals surface area contributed by atoms with Gasteiger partial charge in [-0.2, -0.15) is 0 Å². The molecule has 0 heterocycles. The second-order valence-electron chi connectivity index (χ2n) is 6.35. The smallest absolute Gasteiger partial charge is 0.304 e. The van der Waals surface area contributed by atoms with Crippen molar-refractivity contribution < 1.29 is 24.2 Å². The lowest BCUT2D eigenvalue weighted by Crippen LogP contribution is -2.16. The van der Waals surface area contributed by atoms with Gasteiger partial charge in [0.25, 0.3) is 0 Å². The van der Waals surface area contributed by atoms with Crippen molar-refractivity contribution in [3.8, 4) is 0 Å². The lowest BCUT2D eigenvalue weighted by molar-refractivity contribution is -0.137. The van der Waals surface area contributed by atoms with E-state index in [-0.39, 0.29) is 24.4 Å². The first-order valence-corrected chi connectivity index (χ1v) is 8.90. The number of allylic oxidation sites excluding steroid dienone is 3. The van der Waals surface area contributed by atoms with E-state index in [1.807, 2.05) is 66.6 Å². The summed E-state index contributed by atoms with van der Waals surface area (Å²) in [5.74, 6) is 0.938. The predicted molar refractivity (Wildman–Crippen MR) is 104 cm³/mol. The Morgan fingerprint density at radius 3 is 2.04 bits per heavy atom. The van der Waals surface area contributed by atoms with Crippen LogP contribution in [0.2, 0.25) is 0 Å². The van der Waals surface area contributed by atoms with Crippen LogP contribution in [0.25, 0.3) is 0 Å². The van der Waals surface area contributed by atoms with E-state index >= 15 is 0 Å². The second-order valence-corrected chi connectivity index (χ2v) is 6.35. The van der Waals surface area contributed by atoms with Crippen LogP contribution in [0.4, 0.5) is 0 Å². The zero-order valence-electron chi connectivity index (χ0n) is 15.2. The minimum atomic E-state index is -1.01. The van der Waals surface area contributed by atoms with Crippen LogP contribution in [0.15, 0.2) is 89.9 Å². The predicted octanol–water partition coefficient (Wildman–Crippen LogP) is 4.05. The molecular formula is C23H20O5. The quantitative estimate of drug-likeness (QED) is 0.704. The van der Waals surface area contributed by atoms with Gasteiger partial charge in [0.15, 0.2) is 0 Å². The van der Waals surface area contributed by atoms with Gasteiger partial charge in [-0.25, -0.2) is 4.79 Å². The Bertz CT molecular complexity index is 922. The van der Waals surface area contributed by atoms with Gasteiger partial charge in [-0.15, -0.1) is 0 Å². The molecule has 0 bridgehead atoms. The number of carbonyl (C=O) groups excluding carboxylic acids is 1. The van der Waals surface area contributed by atoms with E-state index in [1.54, 1.807) is 12.2 Å². The zero-order valence-corrected chi connectivity index (χ0v) is 15.2. The summed E-state index contributed by atoms with van der Waals surface area (Å²) in [6.45, 7) is 0.582. The molecule has 28 heavy (non-hydrogen) atoms. The summed E-state index contributed by atoms with van der Waals surface area (Å²) in [4.78, 5) is 22.7. The van der Waals surface area contributed by atoms with Gasteiger partial charge in [-0.1, -0.05) is 60.7 Å². The van der Waals surface area contributed by atoms with Gasteiger partial charge >= 0.3 is 5.97 Å². The van der Waals surface area contributed by atoms with Gasteiger partial charge in [0, 0.05) is 12.0 Å². The fourth-order valence-electron chi connectivity index (χ4n) is 2.88. The van der Waals surface area contributed by atoms with Gasteiger partial charge in [-0.3, -0.25) is 4.79 Å². The van der Waals surface area contributed by atoms with Crippen LogP contribution in [0.5, 0.6) is 0 Å². The summed E-state index contributed by atoms with van der Waals surface area (Å²) in [7, 11) is 0. The second kappa shape index (κ2) is 9.40. The van der Waals surface area contributed by atoms with Gasteiger partial charge in [0.1, 0.15) is 30.7 Å². The minimum Gasteiger partial charge on any atom is -0.489 e. The van der Waals surface area contributed by atoms with Crippen molar-refractivity contribution in [3.63, 3.8) is 0 Å². The van der Waals surface area contributed by atoms with Crippen molar-refractivity contribution in [1.82, 2.24) is 0 Å². The van der Waals surface area contributed by atoms with E-state index in [0.29, 0.717) is 12.4 Å². The van der Waals surface area contributed by atoms with Crippen LogP contribution in [0.3, 0.4) is 0 Å². The van der Waals surface area contributed by atoms with Crippen molar-refractivity contribution in [2.24, 2.45) is 5.92 Å². The van der Waals surface area contributed by atoms with Crippen LogP contribution in [0.1, 0.15) is 17.5 Å². The number of hydrogen-bond acceptors (Lipinski definition) is 4. The highest BCUT2D eigenvalue weighted by atomic mass is 16.5.